The molecule has 4 N–H and O–H groups in total. The van der Waals surface area contributed by atoms with Crippen LogP contribution in [0.25, 0.3) is 0 Å². The van der Waals surface area contributed by atoms with Gasteiger partial charge < -0.3 is 20.7 Å². The van der Waals surface area contributed by atoms with Crippen LogP contribution in [0, 0.1) is 17.3 Å². The lowest BCUT2D eigenvalue weighted by atomic mass is 10.1. The van der Waals surface area contributed by atoms with Crippen LogP contribution in [-0.2, 0) is 4.79 Å². The molecular formula is C12H11NO4. The molecule has 1 rings (SSSR count). The summed E-state index contributed by atoms with van der Waals surface area (Å²) in [7, 11) is 0. The molecule has 0 radical (unpaired) electrons. The number of carboxylic acids is 1. The maximum atomic E-state index is 10.2. The molecule has 5 heteroatoms. The van der Waals surface area contributed by atoms with Crippen LogP contribution >= 0.6 is 0 Å². The minimum Gasteiger partial charge on any atom is -0.504 e. The topological polar surface area (TPSA) is 102 Å². The fraction of sp³-hybridized carbons (Fsp3) is 0.167. The van der Waals surface area contributed by atoms with Crippen LogP contribution in [0.4, 0.5) is 0 Å². The van der Waals surface area contributed by atoms with E-state index in [9.17, 15) is 15.0 Å². The molecule has 88 valence electrons. The summed E-state index contributed by atoms with van der Waals surface area (Å²) >= 11 is 0. The molecule has 0 bridgehead atoms. The second-order valence-corrected chi connectivity index (χ2v) is 3.28. The smallest absolute Gasteiger partial charge is 0.304 e. The Kier molecular flexibility index (Phi) is 4.12. The van der Waals surface area contributed by atoms with E-state index in [2.05, 4.69) is 11.8 Å². The summed E-state index contributed by atoms with van der Waals surface area (Å²) in [6.07, 6.45) is 1.09. The number of hydrogen-bond acceptors (Lipinski definition) is 4. The number of benzene rings is 1. The van der Waals surface area contributed by atoms with Crippen LogP contribution in [0.3, 0.4) is 0 Å². The van der Waals surface area contributed by atoms with Gasteiger partial charge in [-0.1, -0.05) is 11.8 Å². The number of carboxylic acid groups (broad SMARTS) is 1. The lowest BCUT2D eigenvalue weighted by Gasteiger charge is -2.01. The van der Waals surface area contributed by atoms with E-state index in [1.807, 2.05) is 0 Å². The summed E-state index contributed by atoms with van der Waals surface area (Å²) in [5, 5.41) is 34.3. The molecule has 5 nitrogen and oxygen atoms in total. The molecule has 0 heterocycles. The standard InChI is InChI=1S/C12H11NO4/c13-7-8-5-9(12(17)10(14)6-8)3-1-2-4-11(15)16/h5-7,13-14,17H,2,4H2,(H,15,16). The summed E-state index contributed by atoms with van der Waals surface area (Å²) in [6.45, 7) is 0. The first-order valence-corrected chi connectivity index (χ1v) is 4.81. The van der Waals surface area contributed by atoms with Crippen molar-refractivity contribution >= 4 is 12.2 Å². The van der Waals surface area contributed by atoms with Crippen LogP contribution in [0.2, 0.25) is 0 Å². The zero-order valence-corrected chi connectivity index (χ0v) is 8.90. The normalized spacial score (nSPS) is 9.18. The molecule has 0 aromatic heterocycles. The van der Waals surface area contributed by atoms with E-state index < -0.39 is 5.97 Å². The SMILES string of the molecule is N=Cc1cc(O)c(O)c(C#CCCC(=O)O)c1. The third-order valence-corrected chi connectivity index (χ3v) is 1.97. The average Bonchev–Trinajstić information content (AvgIpc) is 2.29. The lowest BCUT2D eigenvalue weighted by Crippen LogP contribution is -1.92. The molecule has 0 saturated heterocycles. The Morgan fingerprint density at radius 1 is 1.41 bits per heavy atom. The second kappa shape index (κ2) is 5.56. The molecule has 0 saturated carbocycles. The Bertz CT molecular complexity index is 511. The Balaban J connectivity index is 2.93. The summed E-state index contributed by atoms with van der Waals surface area (Å²) in [5.74, 6) is 3.47. The van der Waals surface area contributed by atoms with Crippen molar-refractivity contribution in [2.75, 3.05) is 0 Å². The molecule has 0 unspecified atom stereocenters. The van der Waals surface area contributed by atoms with Gasteiger partial charge in [0, 0.05) is 12.6 Å². The van der Waals surface area contributed by atoms with Crippen molar-refractivity contribution in [3.8, 4) is 23.3 Å². The summed E-state index contributed by atoms with van der Waals surface area (Å²) < 4.78 is 0. The van der Waals surface area contributed by atoms with Gasteiger partial charge in [-0.05, 0) is 17.7 Å². The largest absolute Gasteiger partial charge is 0.504 e. The molecule has 1 aromatic rings. The quantitative estimate of drug-likeness (QED) is 0.359. The van der Waals surface area contributed by atoms with Crippen molar-refractivity contribution in [3.63, 3.8) is 0 Å². The van der Waals surface area contributed by atoms with Crippen molar-refractivity contribution in [2.24, 2.45) is 0 Å². The molecule has 0 aliphatic rings. The summed E-state index contributed by atoms with van der Waals surface area (Å²) in [4.78, 5) is 10.2. The maximum absolute atomic E-state index is 10.2. The average molecular weight is 233 g/mol. The molecule has 0 aliphatic carbocycles. The van der Waals surface area contributed by atoms with Crippen molar-refractivity contribution in [1.29, 1.82) is 5.41 Å². The van der Waals surface area contributed by atoms with Gasteiger partial charge in [-0.25, -0.2) is 0 Å². The molecule has 0 amide bonds. The summed E-state index contributed by atoms with van der Waals surface area (Å²) in [6, 6.07) is 2.68. The predicted molar refractivity (Wildman–Crippen MR) is 61.4 cm³/mol. The van der Waals surface area contributed by atoms with Gasteiger partial charge in [-0.3, -0.25) is 4.79 Å². The minimum absolute atomic E-state index is 0.0794. The molecule has 0 spiro atoms. The Hall–Kier alpha value is -2.48. The number of carbonyl (C=O) groups is 1. The van der Waals surface area contributed by atoms with Gasteiger partial charge in [0.25, 0.3) is 0 Å². The molecule has 0 aliphatic heterocycles. The highest BCUT2D eigenvalue weighted by Gasteiger charge is 2.06. The molecule has 1 aromatic carbocycles. The third kappa shape index (κ3) is 3.54. The number of aromatic hydroxyl groups is 2. The van der Waals surface area contributed by atoms with E-state index in [1.165, 1.54) is 12.1 Å². The van der Waals surface area contributed by atoms with E-state index in [4.69, 9.17) is 10.5 Å². The number of phenolic OH excluding ortho intramolecular Hbond substituents is 2. The van der Waals surface area contributed by atoms with Gasteiger partial charge >= 0.3 is 5.97 Å². The molecular weight excluding hydrogens is 222 g/mol. The van der Waals surface area contributed by atoms with E-state index in [0.29, 0.717) is 5.56 Å². The fourth-order valence-corrected chi connectivity index (χ4v) is 1.15. The van der Waals surface area contributed by atoms with E-state index in [0.717, 1.165) is 6.21 Å². The fourth-order valence-electron chi connectivity index (χ4n) is 1.15. The van der Waals surface area contributed by atoms with Crippen molar-refractivity contribution in [2.45, 2.75) is 12.8 Å². The first kappa shape index (κ1) is 12.6. The van der Waals surface area contributed by atoms with Crippen LogP contribution in [0.5, 0.6) is 11.5 Å². The van der Waals surface area contributed by atoms with E-state index >= 15 is 0 Å². The Morgan fingerprint density at radius 3 is 2.71 bits per heavy atom. The number of nitrogens with one attached hydrogen (secondary N) is 1. The lowest BCUT2D eigenvalue weighted by molar-refractivity contribution is -0.136. The van der Waals surface area contributed by atoms with Gasteiger partial charge in [0.15, 0.2) is 11.5 Å². The maximum Gasteiger partial charge on any atom is 0.304 e. The zero-order valence-electron chi connectivity index (χ0n) is 8.90. The van der Waals surface area contributed by atoms with Gasteiger partial charge in [0.05, 0.1) is 12.0 Å². The third-order valence-electron chi connectivity index (χ3n) is 1.97. The van der Waals surface area contributed by atoms with Crippen LogP contribution in [0.1, 0.15) is 24.0 Å². The second-order valence-electron chi connectivity index (χ2n) is 3.28. The van der Waals surface area contributed by atoms with E-state index in [1.54, 1.807) is 0 Å². The number of phenols is 2. The first-order chi connectivity index (χ1) is 8.04. The molecule has 17 heavy (non-hydrogen) atoms. The highest BCUT2D eigenvalue weighted by molar-refractivity contribution is 5.80. The molecule has 0 fully saturated rings. The van der Waals surface area contributed by atoms with E-state index in [-0.39, 0.29) is 29.9 Å². The first-order valence-electron chi connectivity index (χ1n) is 4.81. The van der Waals surface area contributed by atoms with Crippen molar-refractivity contribution in [3.05, 3.63) is 23.3 Å². The Morgan fingerprint density at radius 2 is 2.12 bits per heavy atom. The van der Waals surface area contributed by atoms with Crippen LogP contribution in [0.15, 0.2) is 12.1 Å². The highest BCUT2D eigenvalue weighted by atomic mass is 16.4. The van der Waals surface area contributed by atoms with Crippen molar-refractivity contribution in [1.82, 2.24) is 0 Å². The number of aliphatic carboxylic acids is 1. The zero-order chi connectivity index (χ0) is 12.8. The van der Waals surface area contributed by atoms with Crippen LogP contribution in [-0.4, -0.2) is 27.5 Å². The Labute approximate surface area is 97.8 Å². The number of hydrogen-bond donors (Lipinski definition) is 4. The summed E-state index contributed by atoms with van der Waals surface area (Å²) in [5.41, 5.74) is 0.580. The van der Waals surface area contributed by atoms with Gasteiger partial charge in [0.1, 0.15) is 0 Å². The van der Waals surface area contributed by atoms with Gasteiger partial charge in [-0.2, -0.15) is 0 Å². The minimum atomic E-state index is -0.945. The molecule has 0 atom stereocenters. The number of rotatable bonds is 3. The monoisotopic (exact) mass is 233 g/mol. The predicted octanol–water partition coefficient (Wildman–Crippen LogP) is 1.31. The highest BCUT2D eigenvalue weighted by Crippen LogP contribution is 2.29. The van der Waals surface area contributed by atoms with Gasteiger partial charge in [0.2, 0.25) is 0 Å². The van der Waals surface area contributed by atoms with Crippen LogP contribution < -0.4 is 0 Å². The van der Waals surface area contributed by atoms with Crippen molar-refractivity contribution < 1.29 is 20.1 Å². The van der Waals surface area contributed by atoms with Gasteiger partial charge in [-0.15, -0.1) is 0 Å².